The molecule has 0 spiro atoms. The van der Waals surface area contributed by atoms with Crippen molar-refractivity contribution in [3.05, 3.63) is 23.4 Å². The van der Waals surface area contributed by atoms with E-state index in [0.29, 0.717) is 11.1 Å². The lowest BCUT2D eigenvalue weighted by Crippen LogP contribution is -2.07. The minimum Gasteiger partial charge on any atom is -0.339 e. The van der Waals surface area contributed by atoms with Crippen molar-refractivity contribution < 1.29 is 4.52 Å². The number of hydrogen-bond acceptors (Lipinski definition) is 6. The second-order valence-electron chi connectivity index (χ2n) is 4.35. The summed E-state index contributed by atoms with van der Waals surface area (Å²) in [5.41, 5.74) is 5.53. The highest BCUT2D eigenvalue weighted by Gasteiger charge is 2.09. The van der Waals surface area contributed by atoms with E-state index in [1.54, 1.807) is 11.3 Å². The van der Waals surface area contributed by atoms with Gasteiger partial charge in [0.2, 0.25) is 11.7 Å². The molecule has 2 aromatic heterocycles. The highest BCUT2D eigenvalue weighted by molar-refractivity contribution is 7.99. The maximum absolute atomic E-state index is 5.53. The van der Waals surface area contributed by atoms with Gasteiger partial charge in [0.15, 0.2) is 0 Å². The lowest BCUT2D eigenvalue weighted by atomic mass is 10.3. The molecule has 2 aromatic rings. The molecule has 0 aliphatic rings. The number of nitrogens with zero attached hydrogens (tertiary/aromatic N) is 2. The molecule has 0 aliphatic carbocycles. The van der Waals surface area contributed by atoms with Gasteiger partial charge < -0.3 is 10.3 Å². The molecule has 0 amide bonds. The second-order valence-corrected chi connectivity index (χ2v) is 6.85. The van der Waals surface area contributed by atoms with Gasteiger partial charge in [-0.1, -0.05) is 18.1 Å². The molecule has 0 aliphatic heterocycles. The van der Waals surface area contributed by atoms with Crippen molar-refractivity contribution in [2.45, 2.75) is 31.4 Å². The first-order valence-corrected chi connectivity index (χ1v) is 8.40. The molecule has 0 fully saturated rings. The Hall–Kier alpha value is -0.850. The van der Waals surface area contributed by atoms with Crippen molar-refractivity contribution in [2.24, 2.45) is 5.73 Å². The monoisotopic (exact) mass is 297 g/mol. The zero-order valence-corrected chi connectivity index (χ0v) is 12.7. The molecule has 0 saturated heterocycles. The first kappa shape index (κ1) is 14.6. The maximum Gasteiger partial charge on any atom is 0.227 e. The summed E-state index contributed by atoms with van der Waals surface area (Å²) < 4.78 is 5.26. The van der Waals surface area contributed by atoms with Crippen LogP contribution in [0.25, 0.3) is 10.7 Å². The number of aromatic nitrogens is 2. The Kier molecular flexibility index (Phi) is 5.88. The summed E-state index contributed by atoms with van der Waals surface area (Å²) in [4.78, 5) is 5.47. The van der Waals surface area contributed by atoms with E-state index >= 15 is 0 Å². The second kappa shape index (κ2) is 7.67. The number of thiophene rings is 1. The summed E-state index contributed by atoms with van der Waals surface area (Å²) in [6, 6.07) is 4.00. The van der Waals surface area contributed by atoms with Crippen molar-refractivity contribution in [3.8, 4) is 10.7 Å². The van der Waals surface area contributed by atoms with Crippen LogP contribution < -0.4 is 5.73 Å². The van der Waals surface area contributed by atoms with Gasteiger partial charge in [0.25, 0.3) is 0 Å². The molecule has 4 nitrogen and oxygen atoms in total. The summed E-state index contributed by atoms with van der Waals surface area (Å²) in [7, 11) is 0. The first-order valence-electron chi connectivity index (χ1n) is 6.47. The van der Waals surface area contributed by atoms with Crippen molar-refractivity contribution >= 4 is 23.1 Å². The van der Waals surface area contributed by atoms with Gasteiger partial charge in [-0.2, -0.15) is 16.7 Å². The summed E-state index contributed by atoms with van der Waals surface area (Å²) in [6.07, 6.45) is 2.99. The van der Waals surface area contributed by atoms with E-state index in [0.717, 1.165) is 42.3 Å². The molecule has 2 heterocycles. The average molecular weight is 297 g/mol. The predicted molar refractivity (Wildman–Crippen MR) is 81.5 cm³/mol. The lowest BCUT2D eigenvalue weighted by molar-refractivity contribution is 0.378. The summed E-state index contributed by atoms with van der Waals surface area (Å²) in [5, 5.41) is 6.65. The third kappa shape index (κ3) is 4.63. The van der Waals surface area contributed by atoms with Crippen LogP contribution in [0.4, 0.5) is 0 Å². The van der Waals surface area contributed by atoms with Gasteiger partial charge in [-0.3, -0.25) is 0 Å². The maximum atomic E-state index is 5.53. The fraction of sp³-hybridized carbons (Fsp3) is 0.538. The molecular weight excluding hydrogens is 278 g/mol. The van der Waals surface area contributed by atoms with E-state index in [9.17, 15) is 0 Å². The Balaban J connectivity index is 1.72. The smallest absolute Gasteiger partial charge is 0.227 e. The molecule has 6 heteroatoms. The van der Waals surface area contributed by atoms with Gasteiger partial charge in [0.05, 0.1) is 4.88 Å². The van der Waals surface area contributed by atoms with Crippen LogP contribution in [-0.4, -0.2) is 27.7 Å². The van der Waals surface area contributed by atoms with E-state index in [-0.39, 0.29) is 0 Å². The molecular formula is C13H19N3OS2. The number of nitrogens with two attached hydrogens (primary N) is 1. The summed E-state index contributed by atoms with van der Waals surface area (Å²) >= 11 is 3.58. The number of aryl methyl sites for hydroxylation is 1. The Morgan fingerprint density at radius 2 is 2.42 bits per heavy atom. The van der Waals surface area contributed by atoms with E-state index in [1.165, 1.54) is 0 Å². The fourth-order valence-corrected chi connectivity index (χ4v) is 3.35. The van der Waals surface area contributed by atoms with E-state index in [2.05, 4.69) is 17.1 Å². The van der Waals surface area contributed by atoms with E-state index in [4.69, 9.17) is 10.3 Å². The topological polar surface area (TPSA) is 64.9 Å². The third-order valence-corrected chi connectivity index (χ3v) is 4.92. The largest absolute Gasteiger partial charge is 0.339 e. The van der Waals surface area contributed by atoms with Crippen LogP contribution in [0.15, 0.2) is 22.0 Å². The van der Waals surface area contributed by atoms with Crippen molar-refractivity contribution in [1.82, 2.24) is 10.1 Å². The van der Waals surface area contributed by atoms with Crippen molar-refractivity contribution in [1.29, 1.82) is 0 Å². The fourth-order valence-electron chi connectivity index (χ4n) is 1.69. The SMILES string of the molecule is CC(CCN)SCCCc1nc(-c2cccs2)no1. The van der Waals surface area contributed by atoms with Crippen molar-refractivity contribution in [3.63, 3.8) is 0 Å². The van der Waals surface area contributed by atoms with Crippen LogP contribution >= 0.6 is 23.1 Å². The van der Waals surface area contributed by atoms with Gasteiger partial charge >= 0.3 is 0 Å². The first-order chi connectivity index (χ1) is 9.29. The standard InChI is InChI=1S/C13H19N3OS2/c1-10(6-7-14)18-8-3-5-12-15-13(16-17-12)11-4-2-9-19-11/h2,4,9-10H,3,5-8,14H2,1H3. The van der Waals surface area contributed by atoms with Crippen molar-refractivity contribution in [2.75, 3.05) is 12.3 Å². The molecule has 2 rings (SSSR count). The van der Waals surface area contributed by atoms with Crippen LogP contribution in [0.2, 0.25) is 0 Å². The molecule has 104 valence electrons. The third-order valence-electron chi connectivity index (χ3n) is 2.72. The molecule has 19 heavy (non-hydrogen) atoms. The van der Waals surface area contributed by atoms with Gasteiger partial charge in [-0.25, -0.2) is 0 Å². The van der Waals surface area contributed by atoms with Crippen LogP contribution in [0.1, 0.15) is 25.7 Å². The zero-order valence-electron chi connectivity index (χ0n) is 11.0. The van der Waals surface area contributed by atoms with E-state index < -0.39 is 0 Å². The minimum absolute atomic E-state index is 0.634. The Bertz CT molecular complexity index is 470. The molecule has 1 atom stereocenters. The van der Waals surface area contributed by atoms with Crippen LogP contribution in [-0.2, 0) is 6.42 Å². The highest BCUT2D eigenvalue weighted by atomic mass is 32.2. The lowest BCUT2D eigenvalue weighted by Gasteiger charge is -2.08. The highest BCUT2D eigenvalue weighted by Crippen LogP contribution is 2.22. The Labute approximate surface area is 121 Å². The van der Waals surface area contributed by atoms with Crippen LogP contribution in [0.5, 0.6) is 0 Å². The summed E-state index contributed by atoms with van der Waals surface area (Å²) in [6.45, 7) is 2.99. The number of thioether (sulfide) groups is 1. The molecule has 2 N–H and O–H groups in total. The Morgan fingerprint density at radius 1 is 1.53 bits per heavy atom. The molecule has 0 saturated carbocycles. The van der Waals surface area contributed by atoms with Crippen LogP contribution in [0.3, 0.4) is 0 Å². The summed E-state index contributed by atoms with van der Waals surface area (Å²) in [5.74, 6) is 2.54. The zero-order chi connectivity index (χ0) is 13.5. The van der Waals surface area contributed by atoms with Crippen LogP contribution in [0, 0.1) is 0 Å². The number of rotatable bonds is 8. The normalized spacial score (nSPS) is 12.7. The van der Waals surface area contributed by atoms with Gasteiger partial charge in [0, 0.05) is 11.7 Å². The quantitative estimate of drug-likeness (QED) is 0.758. The number of hydrogen-bond donors (Lipinski definition) is 1. The predicted octanol–water partition coefficient (Wildman–Crippen LogP) is 3.20. The van der Waals surface area contributed by atoms with Gasteiger partial charge in [-0.05, 0) is 36.6 Å². The van der Waals surface area contributed by atoms with Gasteiger partial charge in [0.1, 0.15) is 0 Å². The average Bonchev–Trinajstić information content (AvgIpc) is 3.05. The van der Waals surface area contributed by atoms with Gasteiger partial charge in [-0.15, -0.1) is 11.3 Å². The Morgan fingerprint density at radius 3 is 3.16 bits per heavy atom. The molecule has 0 radical (unpaired) electrons. The molecule has 0 aromatic carbocycles. The molecule has 0 bridgehead atoms. The van der Waals surface area contributed by atoms with E-state index in [1.807, 2.05) is 29.3 Å². The minimum atomic E-state index is 0.634. The molecule has 1 unspecified atom stereocenters.